The summed E-state index contributed by atoms with van der Waals surface area (Å²) in [5.74, 6) is 0.827. The molecule has 0 saturated carbocycles. The largest absolute Gasteiger partial charge is 0.573 e. The number of carbonyl (C=O) groups excluding carboxylic acids is 2. The molecule has 0 bridgehead atoms. The zero-order valence-electron chi connectivity index (χ0n) is 17.7. The molecule has 6 nitrogen and oxygen atoms in total. The van der Waals surface area contributed by atoms with Crippen LogP contribution in [0.25, 0.3) is 0 Å². The Labute approximate surface area is 194 Å². The van der Waals surface area contributed by atoms with Gasteiger partial charge in [-0.3, -0.25) is 14.5 Å². The molecule has 2 aliphatic rings. The van der Waals surface area contributed by atoms with E-state index in [2.05, 4.69) is 10.1 Å². The van der Waals surface area contributed by atoms with Crippen LogP contribution in [-0.2, 0) is 9.59 Å². The third-order valence-electron chi connectivity index (χ3n) is 5.36. The predicted molar refractivity (Wildman–Crippen MR) is 122 cm³/mol. The van der Waals surface area contributed by atoms with Gasteiger partial charge >= 0.3 is 6.36 Å². The molecule has 0 unspecified atom stereocenters. The first-order chi connectivity index (χ1) is 15.3. The van der Waals surface area contributed by atoms with Crippen molar-refractivity contribution < 1.29 is 27.5 Å². The predicted octanol–water partition coefficient (Wildman–Crippen LogP) is 4.38. The summed E-state index contributed by atoms with van der Waals surface area (Å²) in [7, 11) is 3.92. The topological polar surface area (TPSA) is 61.9 Å². The first-order valence-corrected chi connectivity index (χ1v) is 13.1. The second-order valence-corrected chi connectivity index (χ2v) is 10.6. The Morgan fingerprint density at radius 2 is 1.81 bits per heavy atom. The zero-order chi connectivity index (χ0) is 23.0. The molecule has 1 atom stereocenters. The average Bonchev–Trinajstić information content (AvgIpc) is 3.25. The molecular formula is C21H28F3N3O3S2. The number of piperazine rings is 1. The molecule has 11 heteroatoms. The number of benzene rings is 1. The van der Waals surface area contributed by atoms with Crippen molar-refractivity contribution in [2.24, 2.45) is 0 Å². The Bertz CT molecular complexity index is 751. The number of halogens is 3. The molecule has 0 aliphatic carbocycles. The van der Waals surface area contributed by atoms with Crippen LogP contribution in [0.15, 0.2) is 24.3 Å². The lowest BCUT2D eigenvalue weighted by molar-refractivity contribution is -0.274. The van der Waals surface area contributed by atoms with Crippen LogP contribution in [0.5, 0.6) is 5.75 Å². The first-order valence-electron chi connectivity index (χ1n) is 10.7. The van der Waals surface area contributed by atoms with Crippen molar-refractivity contribution in [1.82, 2.24) is 9.80 Å². The second kappa shape index (κ2) is 12.0. The van der Waals surface area contributed by atoms with Gasteiger partial charge in [-0.1, -0.05) is 28.0 Å². The summed E-state index contributed by atoms with van der Waals surface area (Å²) in [4.78, 5) is 28.5. The first kappa shape index (κ1) is 25.0. The quantitative estimate of drug-likeness (QED) is 0.409. The Kier molecular flexibility index (Phi) is 9.42. The van der Waals surface area contributed by atoms with Crippen LogP contribution >= 0.6 is 21.6 Å². The van der Waals surface area contributed by atoms with Crippen molar-refractivity contribution in [2.75, 3.05) is 43.8 Å². The Balaban J connectivity index is 1.31. The lowest BCUT2D eigenvalue weighted by Gasteiger charge is -2.34. The van der Waals surface area contributed by atoms with Crippen molar-refractivity contribution in [3.05, 3.63) is 24.3 Å². The van der Waals surface area contributed by atoms with Crippen LogP contribution in [-0.4, -0.2) is 71.7 Å². The van der Waals surface area contributed by atoms with E-state index in [0.29, 0.717) is 38.3 Å². The third-order valence-corrected chi connectivity index (χ3v) is 8.36. The molecule has 32 heavy (non-hydrogen) atoms. The Morgan fingerprint density at radius 1 is 1.09 bits per heavy atom. The molecule has 1 aromatic carbocycles. The molecule has 2 saturated heterocycles. The fraction of sp³-hybridized carbons (Fsp3) is 0.619. The lowest BCUT2D eigenvalue weighted by atomic mass is 10.1. The maximum atomic E-state index is 12.4. The highest BCUT2D eigenvalue weighted by molar-refractivity contribution is 8.77. The minimum absolute atomic E-state index is 0.167. The molecule has 1 aromatic rings. The average molecular weight is 492 g/mol. The van der Waals surface area contributed by atoms with Gasteiger partial charge in [0.05, 0.1) is 6.54 Å². The van der Waals surface area contributed by atoms with Gasteiger partial charge in [-0.05, 0) is 43.5 Å². The van der Waals surface area contributed by atoms with Gasteiger partial charge in [0, 0.05) is 49.3 Å². The standard InChI is InChI=1S/C21H28F3N3O3S2/c22-21(23,24)30-17-7-5-16(6-8-17)25-19(28)15-26-10-12-27(13-11-26)20(29)4-2-1-3-18-9-14-31-32-18/h5-8,18H,1-4,9-15H2,(H,25,28)/t18-/m1/s1. The number of unbranched alkanes of at least 4 members (excludes halogenated alkanes) is 1. The van der Waals surface area contributed by atoms with E-state index in [9.17, 15) is 22.8 Å². The summed E-state index contributed by atoms with van der Waals surface area (Å²) >= 11 is 0. The van der Waals surface area contributed by atoms with E-state index in [1.165, 1.54) is 30.7 Å². The van der Waals surface area contributed by atoms with Crippen molar-refractivity contribution in [3.63, 3.8) is 0 Å². The summed E-state index contributed by atoms with van der Waals surface area (Å²) in [6.07, 6.45) is 0.313. The van der Waals surface area contributed by atoms with Gasteiger partial charge in [-0.2, -0.15) is 0 Å². The van der Waals surface area contributed by atoms with E-state index in [1.807, 2.05) is 31.4 Å². The fourth-order valence-electron chi connectivity index (χ4n) is 3.67. The van der Waals surface area contributed by atoms with Crippen LogP contribution in [0.2, 0.25) is 0 Å². The third kappa shape index (κ3) is 8.74. The molecule has 3 rings (SSSR count). The van der Waals surface area contributed by atoms with Crippen LogP contribution in [0.3, 0.4) is 0 Å². The second-order valence-electron chi connectivity index (χ2n) is 7.85. The SMILES string of the molecule is O=C(CN1CCN(C(=O)CCCC[C@@H]2CCSS2)CC1)Nc1ccc(OC(F)(F)F)cc1. The molecule has 178 valence electrons. The molecule has 2 aliphatic heterocycles. The van der Waals surface area contributed by atoms with Gasteiger partial charge in [0.15, 0.2) is 0 Å². The summed E-state index contributed by atoms with van der Waals surface area (Å²) < 4.78 is 40.4. The number of alkyl halides is 3. The van der Waals surface area contributed by atoms with Crippen molar-refractivity contribution in [3.8, 4) is 5.75 Å². The maximum Gasteiger partial charge on any atom is 0.573 e. The fourth-order valence-corrected chi connectivity index (χ4v) is 6.70. The number of anilines is 1. The number of amides is 2. The number of nitrogens with zero attached hydrogens (tertiary/aromatic N) is 2. The zero-order valence-corrected chi connectivity index (χ0v) is 19.4. The van der Waals surface area contributed by atoms with Gasteiger partial charge < -0.3 is 15.0 Å². The summed E-state index contributed by atoms with van der Waals surface area (Å²) in [6.45, 7) is 2.61. The summed E-state index contributed by atoms with van der Waals surface area (Å²) in [5, 5.41) is 3.42. The molecule has 2 heterocycles. The van der Waals surface area contributed by atoms with E-state index in [4.69, 9.17) is 0 Å². The number of hydrogen-bond acceptors (Lipinski definition) is 6. The molecule has 2 amide bonds. The molecule has 0 aromatic heterocycles. The summed E-state index contributed by atoms with van der Waals surface area (Å²) in [6, 6.07) is 5.03. The van der Waals surface area contributed by atoms with Gasteiger partial charge in [-0.25, -0.2) is 0 Å². The minimum Gasteiger partial charge on any atom is -0.406 e. The molecular weight excluding hydrogens is 463 g/mol. The molecule has 0 radical (unpaired) electrons. The van der Waals surface area contributed by atoms with Crippen LogP contribution < -0.4 is 10.1 Å². The summed E-state index contributed by atoms with van der Waals surface area (Å²) in [5.41, 5.74) is 0.396. The van der Waals surface area contributed by atoms with E-state index in [-0.39, 0.29) is 24.1 Å². The highest BCUT2D eigenvalue weighted by Gasteiger charge is 2.31. The number of nitrogens with one attached hydrogen (secondary N) is 1. The number of rotatable bonds is 9. The van der Waals surface area contributed by atoms with E-state index < -0.39 is 6.36 Å². The highest BCUT2D eigenvalue weighted by Crippen LogP contribution is 2.39. The van der Waals surface area contributed by atoms with Gasteiger partial charge in [0.2, 0.25) is 11.8 Å². The van der Waals surface area contributed by atoms with Crippen LogP contribution in [0, 0.1) is 0 Å². The Hall–Kier alpha value is -1.59. The number of hydrogen-bond donors (Lipinski definition) is 1. The van der Waals surface area contributed by atoms with E-state index >= 15 is 0 Å². The van der Waals surface area contributed by atoms with Crippen molar-refractivity contribution in [2.45, 2.75) is 43.7 Å². The van der Waals surface area contributed by atoms with Crippen molar-refractivity contribution >= 4 is 39.1 Å². The Morgan fingerprint density at radius 3 is 2.44 bits per heavy atom. The van der Waals surface area contributed by atoms with Crippen molar-refractivity contribution in [1.29, 1.82) is 0 Å². The molecule has 0 spiro atoms. The van der Waals surface area contributed by atoms with E-state index in [1.54, 1.807) is 0 Å². The van der Waals surface area contributed by atoms with Gasteiger partial charge in [-0.15, -0.1) is 13.2 Å². The van der Waals surface area contributed by atoms with E-state index in [0.717, 1.165) is 30.2 Å². The van der Waals surface area contributed by atoms with Gasteiger partial charge in [0.25, 0.3) is 0 Å². The lowest BCUT2D eigenvalue weighted by Crippen LogP contribution is -2.50. The minimum atomic E-state index is -4.75. The van der Waals surface area contributed by atoms with Crippen LogP contribution in [0.4, 0.5) is 18.9 Å². The molecule has 2 fully saturated rings. The van der Waals surface area contributed by atoms with Crippen LogP contribution in [0.1, 0.15) is 32.1 Å². The number of ether oxygens (including phenoxy) is 1. The van der Waals surface area contributed by atoms with Gasteiger partial charge in [0.1, 0.15) is 5.75 Å². The maximum absolute atomic E-state index is 12.4. The highest BCUT2D eigenvalue weighted by atomic mass is 33.1. The normalized spacial score (nSPS) is 19.7. The smallest absolute Gasteiger partial charge is 0.406 e. The monoisotopic (exact) mass is 491 g/mol. The molecule has 1 N–H and O–H groups in total. The number of carbonyl (C=O) groups is 2.